The Morgan fingerprint density at radius 3 is 2.38 bits per heavy atom. The van der Waals surface area contributed by atoms with Crippen molar-refractivity contribution < 1.29 is 4.79 Å². The van der Waals surface area contributed by atoms with E-state index >= 15 is 0 Å². The van der Waals surface area contributed by atoms with Gasteiger partial charge in [-0.25, -0.2) is 0 Å². The van der Waals surface area contributed by atoms with Gasteiger partial charge in [-0.05, 0) is 43.5 Å². The zero-order valence-corrected chi connectivity index (χ0v) is 13.4. The number of likely N-dealkylation sites (N-methyl/N-ethyl adjacent to an activating group) is 1. The van der Waals surface area contributed by atoms with E-state index < -0.39 is 0 Å². The van der Waals surface area contributed by atoms with E-state index in [9.17, 15) is 4.79 Å². The first-order valence-electron chi connectivity index (χ1n) is 7.23. The fourth-order valence-electron chi connectivity index (χ4n) is 2.20. The zero-order valence-electron chi connectivity index (χ0n) is 12.6. The van der Waals surface area contributed by atoms with Crippen LogP contribution in [0, 0.1) is 0 Å². The molecule has 1 aromatic rings. The maximum atomic E-state index is 11.3. The Bertz CT molecular complexity index is 495. The van der Waals surface area contributed by atoms with Crippen molar-refractivity contribution in [1.82, 2.24) is 10.2 Å². The molecule has 6 heteroatoms. The minimum absolute atomic E-state index is 0.0819. The number of hydrogen-bond acceptors (Lipinski definition) is 4. The molecule has 2 rings (SSSR count). The molecular formula is C15H22N4OS. The lowest BCUT2D eigenvalue weighted by atomic mass is 10.2. The summed E-state index contributed by atoms with van der Waals surface area (Å²) >= 11 is 5.09. The fraction of sp³-hybridized carbons (Fsp3) is 0.467. The first kappa shape index (κ1) is 15.7. The first-order valence-corrected chi connectivity index (χ1v) is 7.63. The van der Waals surface area contributed by atoms with Crippen molar-refractivity contribution in [3.05, 3.63) is 24.3 Å². The topological polar surface area (TPSA) is 47.6 Å². The van der Waals surface area contributed by atoms with Crippen molar-refractivity contribution in [2.45, 2.75) is 13.3 Å². The number of carbonyl (C=O) groups excluding carboxylic acids is 1. The zero-order chi connectivity index (χ0) is 15.2. The molecule has 1 saturated heterocycles. The SMILES string of the molecule is CCC(=O)NC(=S)Nc1ccc(N2CCN(C)CC2)cc1. The molecule has 0 atom stereocenters. The van der Waals surface area contributed by atoms with E-state index in [1.165, 1.54) is 5.69 Å². The molecule has 1 aliphatic heterocycles. The van der Waals surface area contributed by atoms with Crippen molar-refractivity contribution in [2.24, 2.45) is 0 Å². The van der Waals surface area contributed by atoms with Gasteiger partial charge in [0.05, 0.1) is 0 Å². The molecule has 1 amide bonds. The van der Waals surface area contributed by atoms with Crippen LogP contribution < -0.4 is 15.5 Å². The number of piperazine rings is 1. The van der Waals surface area contributed by atoms with Crippen LogP contribution in [0.5, 0.6) is 0 Å². The second-order valence-corrected chi connectivity index (χ2v) is 5.60. The van der Waals surface area contributed by atoms with Crippen molar-refractivity contribution in [3.8, 4) is 0 Å². The Balaban J connectivity index is 1.90. The van der Waals surface area contributed by atoms with Gasteiger partial charge in [0.1, 0.15) is 0 Å². The highest BCUT2D eigenvalue weighted by Crippen LogP contribution is 2.19. The van der Waals surface area contributed by atoms with Crippen LogP contribution in [-0.2, 0) is 4.79 Å². The summed E-state index contributed by atoms with van der Waals surface area (Å²) in [6.07, 6.45) is 0.421. The standard InChI is InChI=1S/C15H22N4OS/c1-3-14(20)17-15(21)16-12-4-6-13(7-5-12)19-10-8-18(2)9-11-19/h4-7H,3,8-11H2,1-2H3,(H2,16,17,20,21). The molecule has 114 valence electrons. The number of amides is 1. The predicted molar refractivity (Wildman–Crippen MR) is 90.8 cm³/mol. The molecular weight excluding hydrogens is 284 g/mol. The van der Waals surface area contributed by atoms with Gasteiger partial charge in [0.15, 0.2) is 5.11 Å². The van der Waals surface area contributed by atoms with E-state index in [2.05, 4.69) is 39.6 Å². The Morgan fingerprint density at radius 2 is 1.81 bits per heavy atom. The van der Waals surface area contributed by atoms with Crippen LogP contribution in [0.25, 0.3) is 0 Å². The quantitative estimate of drug-likeness (QED) is 0.832. The lowest BCUT2D eigenvalue weighted by Gasteiger charge is -2.34. The van der Waals surface area contributed by atoms with Gasteiger partial charge >= 0.3 is 0 Å². The molecule has 1 heterocycles. The Kier molecular flexibility index (Phi) is 5.52. The van der Waals surface area contributed by atoms with E-state index in [1.54, 1.807) is 6.92 Å². The third-order valence-electron chi connectivity index (χ3n) is 3.57. The molecule has 0 unspecified atom stereocenters. The molecule has 0 spiro atoms. The number of benzene rings is 1. The summed E-state index contributed by atoms with van der Waals surface area (Å²) in [7, 11) is 2.15. The average Bonchev–Trinajstić information content (AvgIpc) is 2.48. The van der Waals surface area contributed by atoms with E-state index in [-0.39, 0.29) is 5.91 Å². The lowest BCUT2D eigenvalue weighted by molar-refractivity contribution is -0.119. The minimum Gasteiger partial charge on any atom is -0.369 e. The van der Waals surface area contributed by atoms with Gasteiger partial charge < -0.3 is 20.4 Å². The van der Waals surface area contributed by atoms with E-state index in [4.69, 9.17) is 12.2 Å². The van der Waals surface area contributed by atoms with E-state index in [0.717, 1.165) is 31.9 Å². The van der Waals surface area contributed by atoms with Crippen LogP contribution >= 0.6 is 12.2 Å². The van der Waals surface area contributed by atoms with Gasteiger partial charge in [-0.3, -0.25) is 4.79 Å². The summed E-state index contributed by atoms with van der Waals surface area (Å²) in [4.78, 5) is 16.0. The van der Waals surface area contributed by atoms with Crippen LogP contribution in [0.15, 0.2) is 24.3 Å². The second kappa shape index (κ2) is 7.38. The van der Waals surface area contributed by atoms with E-state index in [1.807, 2.05) is 12.1 Å². The second-order valence-electron chi connectivity index (χ2n) is 5.19. The van der Waals surface area contributed by atoms with Gasteiger partial charge in [-0.15, -0.1) is 0 Å². The lowest BCUT2D eigenvalue weighted by Crippen LogP contribution is -2.44. The maximum Gasteiger partial charge on any atom is 0.225 e. The largest absolute Gasteiger partial charge is 0.369 e. The summed E-state index contributed by atoms with van der Waals surface area (Å²) in [6.45, 7) is 6.07. The number of nitrogens with one attached hydrogen (secondary N) is 2. The molecule has 0 aromatic heterocycles. The number of anilines is 2. The third-order valence-corrected chi connectivity index (χ3v) is 3.77. The predicted octanol–water partition coefficient (Wildman–Crippen LogP) is 1.66. The Morgan fingerprint density at radius 1 is 1.19 bits per heavy atom. The van der Waals surface area contributed by atoms with Gasteiger partial charge in [-0.2, -0.15) is 0 Å². The minimum atomic E-state index is -0.0819. The highest BCUT2D eigenvalue weighted by molar-refractivity contribution is 7.80. The first-order chi connectivity index (χ1) is 10.1. The highest BCUT2D eigenvalue weighted by Gasteiger charge is 2.14. The van der Waals surface area contributed by atoms with Crippen molar-refractivity contribution >= 4 is 34.6 Å². The van der Waals surface area contributed by atoms with Crippen LogP contribution in [0.3, 0.4) is 0 Å². The molecule has 1 aliphatic rings. The average molecular weight is 306 g/mol. The summed E-state index contributed by atoms with van der Waals surface area (Å²) in [6, 6.07) is 8.13. The summed E-state index contributed by atoms with van der Waals surface area (Å²) in [5.41, 5.74) is 2.10. The molecule has 2 N–H and O–H groups in total. The number of thiocarbonyl (C=S) groups is 1. The fourth-order valence-corrected chi connectivity index (χ4v) is 2.43. The molecule has 5 nitrogen and oxygen atoms in total. The number of nitrogens with zero attached hydrogens (tertiary/aromatic N) is 2. The Labute approximate surface area is 131 Å². The maximum absolute atomic E-state index is 11.3. The molecule has 1 aromatic carbocycles. The van der Waals surface area contributed by atoms with Crippen LogP contribution in [0.1, 0.15) is 13.3 Å². The number of rotatable bonds is 3. The van der Waals surface area contributed by atoms with Crippen molar-refractivity contribution in [1.29, 1.82) is 0 Å². The van der Waals surface area contributed by atoms with Crippen LogP contribution in [-0.4, -0.2) is 49.1 Å². The van der Waals surface area contributed by atoms with E-state index in [0.29, 0.717) is 11.5 Å². The highest BCUT2D eigenvalue weighted by atomic mass is 32.1. The van der Waals surface area contributed by atoms with Crippen LogP contribution in [0.4, 0.5) is 11.4 Å². The molecule has 0 saturated carbocycles. The van der Waals surface area contributed by atoms with Crippen LogP contribution in [0.2, 0.25) is 0 Å². The number of hydrogen-bond donors (Lipinski definition) is 2. The molecule has 0 aliphatic carbocycles. The number of carbonyl (C=O) groups is 1. The smallest absolute Gasteiger partial charge is 0.225 e. The summed E-state index contributed by atoms with van der Waals surface area (Å²) in [5.74, 6) is -0.0819. The van der Waals surface area contributed by atoms with Gasteiger partial charge in [-0.1, -0.05) is 6.92 Å². The van der Waals surface area contributed by atoms with Crippen molar-refractivity contribution in [2.75, 3.05) is 43.4 Å². The molecule has 1 fully saturated rings. The molecule has 21 heavy (non-hydrogen) atoms. The normalized spacial score (nSPS) is 15.6. The summed E-state index contributed by atoms with van der Waals surface area (Å²) in [5, 5.41) is 5.99. The Hall–Kier alpha value is -1.66. The third kappa shape index (κ3) is 4.68. The molecule has 0 bridgehead atoms. The van der Waals surface area contributed by atoms with Gasteiger partial charge in [0, 0.05) is 44.0 Å². The van der Waals surface area contributed by atoms with Gasteiger partial charge in [0.2, 0.25) is 5.91 Å². The van der Waals surface area contributed by atoms with Gasteiger partial charge in [0.25, 0.3) is 0 Å². The van der Waals surface area contributed by atoms with Crippen molar-refractivity contribution in [3.63, 3.8) is 0 Å². The summed E-state index contributed by atoms with van der Waals surface area (Å²) < 4.78 is 0. The monoisotopic (exact) mass is 306 g/mol. The molecule has 0 radical (unpaired) electrons.